The van der Waals surface area contributed by atoms with Crippen LogP contribution in [0.2, 0.25) is 0 Å². The van der Waals surface area contributed by atoms with Crippen LogP contribution in [0, 0.1) is 11.8 Å². The van der Waals surface area contributed by atoms with Crippen molar-refractivity contribution in [3.8, 4) is 0 Å². The highest BCUT2D eigenvalue weighted by Crippen LogP contribution is 2.24. The van der Waals surface area contributed by atoms with Gasteiger partial charge in [0, 0.05) is 13.1 Å². The lowest BCUT2D eigenvalue weighted by Gasteiger charge is -2.14. The van der Waals surface area contributed by atoms with E-state index in [4.69, 9.17) is 5.11 Å². The summed E-state index contributed by atoms with van der Waals surface area (Å²) in [5.74, 6) is 0.703. The molecule has 0 amide bonds. The van der Waals surface area contributed by atoms with Crippen LogP contribution in [-0.2, 0) is 10.0 Å². The van der Waals surface area contributed by atoms with Crippen LogP contribution in [0.4, 0.5) is 0 Å². The van der Waals surface area contributed by atoms with Crippen molar-refractivity contribution in [2.45, 2.75) is 13.8 Å². The Morgan fingerprint density at radius 3 is 2.15 bits per heavy atom. The molecule has 0 saturated carbocycles. The smallest absolute Gasteiger partial charge is 0.216 e. The van der Waals surface area contributed by atoms with Crippen molar-refractivity contribution in [1.29, 1.82) is 0 Å². The number of rotatable bonds is 3. The zero-order valence-corrected chi connectivity index (χ0v) is 8.92. The quantitative estimate of drug-likeness (QED) is 0.703. The Balaban J connectivity index is 2.65. The fourth-order valence-corrected chi connectivity index (χ4v) is 2.96. The molecule has 1 aliphatic rings. The third-order valence-corrected chi connectivity index (χ3v) is 4.48. The highest BCUT2D eigenvalue weighted by Gasteiger charge is 2.33. The first kappa shape index (κ1) is 10.9. The van der Waals surface area contributed by atoms with Gasteiger partial charge in [-0.15, -0.1) is 0 Å². The normalized spacial score (nSPS) is 31.0. The number of hydrogen-bond donors (Lipinski definition) is 1. The van der Waals surface area contributed by atoms with E-state index in [-0.39, 0.29) is 12.4 Å². The Morgan fingerprint density at radius 2 is 1.77 bits per heavy atom. The monoisotopic (exact) mass is 207 g/mol. The van der Waals surface area contributed by atoms with E-state index in [1.54, 1.807) is 0 Å². The predicted octanol–water partition coefficient (Wildman–Crippen LogP) is -0.104. The van der Waals surface area contributed by atoms with Gasteiger partial charge in [-0.3, -0.25) is 0 Å². The molecule has 1 rings (SSSR count). The van der Waals surface area contributed by atoms with Gasteiger partial charge in [0.05, 0.1) is 12.4 Å². The van der Waals surface area contributed by atoms with Crippen LogP contribution >= 0.6 is 0 Å². The molecule has 0 aliphatic carbocycles. The lowest BCUT2D eigenvalue weighted by molar-refractivity contribution is 0.316. The summed E-state index contributed by atoms with van der Waals surface area (Å²) in [6.07, 6.45) is 0. The SMILES string of the molecule is CC1CN(S(=O)(=O)CCO)CC1C. The summed E-state index contributed by atoms with van der Waals surface area (Å²) in [6.45, 7) is 5.02. The number of aliphatic hydroxyl groups excluding tert-OH is 1. The maximum atomic E-state index is 11.5. The zero-order chi connectivity index (χ0) is 10.1. The van der Waals surface area contributed by atoms with Gasteiger partial charge in [0.15, 0.2) is 0 Å². The van der Waals surface area contributed by atoms with Crippen LogP contribution in [0.5, 0.6) is 0 Å². The van der Waals surface area contributed by atoms with Crippen LogP contribution in [0.1, 0.15) is 13.8 Å². The molecule has 0 aromatic heterocycles. The predicted molar refractivity (Wildman–Crippen MR) is 50.8 cm³/mol. The van der Waals surface area contributed by atoms with Gasteiger partial charge >= 0.3 is 0 Å². The first-order valence-corrected chi connectivity index (χ1v) is 6.17. The summed E-state index contributed by atoms with van der Waals surface area (Å²) in [5.41, 5.74) is 0. The van der Waals surface area contributed by atoms with Gasteiger partial charge < -0.3 is 5.11 Å². The van der Waals surface area contributed by atoms with Crippen molar-refractivity contribution in [3.05, 3.63) is 0 Å². The minimum atomic E-state index is -3.19. The lowest BCUT2D eigenvalue weighted by Crippen LogP contribution is -2.32. The van der Waals surface area contributed by atoms with E-state index in [1.807, 2.05) is 0 Å². The van der Waals surface area contributed by atoms with Crippen molar-refractivity contribution >= 4 is 10.0 Å². The number of sulfonamides is 1. The molecule has 0 aromatic carbocycles. The fourth-order valence-electron chi connectivity index (χ4n) is 1.55. The summed E-state index contributed by atoms with van der Waals surface area (Å²) in [4.78, 5) is 0. The van der Waals surface area contributed by atoms with Crippen molar-refractivity contribution in [3.63, 3.8) is 0 Å². The molecular weight excluding hydrogens is 190 g/mol. The van der Waals surface area contributed by atoms with E-state index < -0.39 is 10.0 Å². The summed E-state index contributed by atoms with van der Waals surface area (Å²) in [5, 5.41) is 8.59. The second-order valence-electron chi connectivity index (χ2n) is 3.81. The van der Waals surface area contributed by atoms with Gasteiger partial charge in [-0.2, -0.15) is 0 Å². The maximum Gasteiger partial charge on any atom is 0.216 e. The summed E-state index contributed by atoms with van der Waals surface area (Å²) >= 11 is 0. The Hall–Kier alpha value is -0.130. The average molecular weight is 207 g/mol. The van der Waals surface area contributed by atoms with E-state index in [0.717, 1.165) is 0 Å². The minimum Gasteiger partial charge on any atom is -0.395 e. The van der Waals surface area contributed by atoms with Gasteiger partial charge in [0.2, 0.25) is 10.0 Å². The number of nitrogens with zero attached hydrogens (tertiary/aromatic N) is 1. The van der Waals surface area contributed by atoms with Crippen LogP contribution in [0.25, 0.3) is 0 Å². The zero-order valence-electron chi connectivity index (χ0n) is 8.10. The number of hydrogen-bond acceptors (Lipinski definition) is 3. The molecule has 4 nitrogen and oxygen atoms in total. The van der Waals surface area contributed by atoms with Crippen LogP contribution < -0.4 is 0 Å². The first-order chi connectivity index (χ1) is 5.97. The van der Waals surface area contributed by atoms with Crippen LogP contribution in [0.15, 0.2) is 0 Å². The van der Waals surface area contributed by atoms with Crippen molar-refractivity contribution in [2.24, 2.45) is 11.8 Å². The topological polar surface area (TPSA) is 57.6 Å². The molecular formula is C8H17NO3S. The lowest BCUT2D eigenvalue weighted by atomic mass is 10.0. The molecule has 1 N–H and O–H groups in total. The van der Waals surface area contributed by atoms with Crippen LogP contribution in [0.3, 0.4) is 0 Å². The van der Waals surface area contributed by atoms with E-state index in [2.05, 4.69) is 13.8 Å². The van der Waals surface area contributed by atoms with Gasteiger partial charge in [0.25, 0.3) is 0 Å². The standard InChI is InChI=1S/C8H17NO3S/c1-7-5-9(6-8(7)2)13(11,12)4-3-10/h7-8,10H,3-6H2,1-2H3. The average Bonchev–Trinajstić information content (AvgIpc) is 2.33. The molecule has 13 heavy (non-hydrogen) atoms. The Kier molecular flexibility index (Phi) is 3.32. The highest BCUT2D eigenvalue weighted by molar-refractivity contribution is 7.89. The van der Waals surface area contributed by atoms with E-state index >= 15 is 0 Å². The van der Waals surface area contributed by atoms with E-state index in [1.165, 1.54) is 4.31 Å². The third kappa shape index (κ3) is 2.42. The number of aliphatic hydroxyl groups is 1. The molecule has 1 aliphatic heterocycles. The second-order valence-corrected chi connectivity index (χ2v) is 5.90. The Labute approximate surface area is 79.6 Å². The van der Waals surface area contributed by atoms with Gasteiger partial charge in [-0.25, -0.2) is 12.7 Å². The molecule has 0 aromatic rings. The minimum absolute atomic E-state index is 0.146. The van der Waals surface area contributed by atoms with Gasteiger partial charge in [0.1, 0.15) is 0 Å². The molecule has 0 bridgehead atoms. The Bertz CT molecular complexity index is 253. The summed E-state index contributed by atoms with van der Waals surface area (Å²) in [6, 6.07) is 0. The maximum absolute atomic E-state index is 11.5. The molecule has 0 radical (unpaired) electrons. The largest absolute Gasteiger partial charge is 0.395 e. The molecule has 2 atom stereocenters. The van der Waals surface area contributed by atoms with Crippen molar-refractivity contribution < 1.29 is 13.5 Å². The van der Waals surface area contributed by atoms with Crippen molar-refractivity contribution in [2.75, 3.05) is 25.4 Å². The second kappa shape index (κ2) is 3.94. The fraction of sp³-hybridized carbons (Fsp3) is 1.00. The Morgan fingerprint density at radius 1 is 1.31 bits per heavy atom. The first-order valence-electron chi connectivity index (χ1n) is 4.56. The van der Waals surface area contributed by atoms with Gasteiger partial charge in [-0.1, -0.05) is 13.8 Å². The van der Waals surface area contributed by atoms with Crippen LogP contribution in [-0.4, -0.2) is 43.3 Å². The summed E-state index contributed by atoms with van der Waals surface area (Å²) in [7, 11) is -3.19. The highest BCUT2D eigenvalue weighted by atomic mass is 32.2. The molecule has 1 saturated heterocycles. The molecule has 0 spiro atoms. The molecule has 2 unspecified atom stereocenters. The van der Waals surface area contributed by atoms with Gasteiger partial charge in [-0.05, 0) is 11.8 Å². The summed E-state index contributed by atoms with van der Waals surface area (Å²) < 4.78 is 24.5. The van der Waals surface area contributed by atoms with E-state index in [0.29, 0.717) is 24.9 Å². The molecule has 5 heteroatoms. The molecule has 78 valence electrons. The molecule has 1 fully saturated rings. The molecule has 1 heterocycles. The van der Waals surface area contributed by atoms with Crippen molar-refractivity contribution in [1.82, 2.24) is 4.31 Å². The third-order valence-electron chi connectivity index (χ3n) is 2.70. The van der Waals surface area contributed by atoms with E-state index in [9.17, 15) is 8.42 Å².